The van der Waals surface area contributed by atoms with Gasteiger partial charge in [0.2, 0.25) is 0 Å². The molecule has 0 saturated carbocycles. The molecule has 0 aliphatic carbocycles. The van der Waals surface area contributed by atoms with Gasteiger partial charge in [-0.25, -0.2) is 9.97 Å². The molecule has 1 amide bonds. The fraction of sp³-hybridized carbons (Fsp3) is 0.391. The normalized spacial score (nSPS) is 12.4. The van der Waals surface area contributed by atoms with Crippen molar-refractivity contribution >= 4 is 11.7 Å². The molecule has 0 aliphatic rings. The molecule has 1 unspecified atom stereocenters. The highest BCUT2D eigenvalue weighted by molar-refractivity contribution is 5.91. The molecule has 30 heavy (non-hydrogen) atoms. The lowest BCUT2D eigenvalue weighted by Gasteiger charge is -2.15. The van der Waals surface area contributed by atoms with Crippen LogP contribution < -0.4 is 10.1 Å². The van der Waals surface area contributed by atoms with E-state index < -0.39 is 0 Å². The van der Waals surface area contributed by atoms with Gasteiger partial charge in [0.15, 0.2) is 6.61 Å². The number of nitrogens with one attached hydrogen (secondary N) is 1. The second-order valence-corrected chi connectivity index (χ2v) is 8.31. The summed E-state index contributed by atoms with van der Waals surface area (Å²) in [6.07, 6.45) is 4.28. The van der Waals surface area contributed by atoms with Gasteiger partial charge in [0.05, 0.1) is 5.69 Å². The lowest BCUT2D eigenvalue weighted by atomic mass is 9.92. The number of rotatable bonds is 7. The van der Waals surface area contributed by atoms with Gasteiger partial charge in [0, 0.05) is 23.9 Å². The van der Waals surface area contributed by atoms with Crippen molar-refractivity contribution in [1.82, 2.24) is 19.7 Å². The number of ether oxygens (including phenoxy) is 1. The molecule has 0 saturated heterocycles. The van der Waals surface area contributed by atoms with Crippen LogP contribution in [0.4, 0.5) is 5.82 Å². The second-order valence-electron chi connectivity index (χ2n) is 8.31. The van der Waals surface area contributed by atoms with Gasteiger partial charge in [-0.3, -0.25) is 4.79 Å². The summed E-state index contributed by atoms with van der Waals surface area (Å²) in [5.41, 5.74) is 1.74. The van der Waals surface area contributed by atoms with Gasteiger partial charge in [-0.15, -0.1) is 0 Å². The summed E-state index contributed by atoms with van der Waals surface area (Å²) in [5.74, 6) is 1.72. The van der Waals surface area contributed by atoms with Crippen LogP contribution in [0.2, 0.25) is 0 Å². The zero-order chi connectivity index (χ0) is 21.7. The van der Waals surface area contributed by atoms with E-state index in [1.54, 1.807) is 23.1 Å². The molecule has 3 rings (SSSR count). The number of nitrogens with zero attached hydrogens (tertiary/aromatic N) is 4. The van der Waals surface area contributed by atoms with Gasteiger partial charge in [-0.1, -0.05) is 52.8 Å². The molecule has 3 aromatic rings. The maximum absolute atomic E-state index is 12.7. The Morgan fingerprint density at radius 2 is 1.87 bits per heavy atom. The van der Waals surface area contributed by atoms with E-state index in [-0.39, 0.29) is 17.9 Å². The SMILES string of the molecule is CCC(C)c1ccccc1OCC(=O)Nc1cc(C(C)(C)C)nn1-c1ncccn1. The average molecular weight is 408 g/mol. The molecule has 0 bridgehead atoms. The van der Waals surface area contributed by atoms with E-state index in [1.807, 2.05) is 30.3 Å². The van der Waals surface area contributed by atoms with E-state index in [0.29, 0.717) is 17.7 Å². The van der Waals surface area contributed by atoms with Crippen LogP contribution in [0.25, 0.3) is 5.95 Å². The van der Waals surface area contributed by atoms with Crippen molar-refractivity contribution < 1.29 is 9.53 Å². The first-order valence-corrected chi connectivity index (χ1v) is 10.2. The summed E-state index contributed by atoms with van der Waals surface area (Å²) in [6.45, 7) is 10.4. The maximum atomic E-state index is 12.7. The lowest BCUT2D eigenvalue weighted by molar-refractivity contribution is -0.118. The number of carbonyl (C=O) groups is 1. The van der Waals surface area contributed by atoms with Crippen LogP contribution in [-0.2, 0) is 10.2 Å². The highest BCUT2D eigenvalue weighted by Gasteiger charge is 2.22. The highest BCUT2D eigenvalue weighted by Crippen LogP contribution is 2.28. The smallest absolute Gasteiger partial charge is 0.263 e. The van der Waals surface area contributed by atoms with Crippen molar-refractivity contribution in [3.63, 3.8) is 0 Å². The summed E-state index contributed by atoms with van der Waals surface area (Å²) < 4.78 is 7.39. The molecule has 0 spiro atoms. The molecule has 1 atom stereocenters. The van der Waals surface area contributed by atoms with Crippen molar-refractivity contribution in [2.75, 3.05) is 11.9 Å². The van der Waals surface area contributed by atoms with E-state index in [1.165, 1.54) is 0 Å². The van der Waals surface area contributed by atoms with Gasteiger partial charge < -0.3 is 10.1 Å². The molecule has 0 fully saturated rings. The summed E-state index contributed by atoms with van der Waals surface area (Å²) in [5, 5.41) is 7.50. The Morgan fingerprint density at radius 3 is 2.53 bits per heavy atom. The topological polar surface area (TPSA) is 81.9 Å². The molecule has 7 nitrogen and oxygen atoms in total. The lowest BCUT2D eigenvalue weighted by Crippen LogP contribution is -2.22. The maximum Gasteiger partial charge on any atom is 0.263 e. The fourth-order valence-corrected chi connectivity index (χ4v) is 2.95. The van der Waals surface area contributed by atoms with E-state index in [2.05, 4.69) is 55.0 Å². The Bertz CT molecular complexity index is 992. The number of anilines is 1. The highest BCUT2D eigenvalue weighted by atomic mass is 16.5. The number of amides is 1. The quantitative estimate of drug-likeness (QED) is 0.624. The Hall–Kier alpha value is -3.22. The van der Waals surface area contributed by atoms with E-state index in [0.717, 1.165) is 23.4 Å². The van der Waals surface area contributed by atoms with Gasteiger partial charge in [-0.2, -0.15) is 9.78 Å². The molecule has 0 aliphatic heterocycles. The summed E-state index contributed by atoms with van der Waals surface area (Å²) in [4.78, 5) is 21.2. The predicted octanol–water partition coefficient (Wildman–Crippen LogP) is 4.49. The number of benzene rings is 1. The zero-order valence-electron chi connectivity index (χ0n) is 18.2. The van der Waals surface area contributed by atoms with Gasteiger partial charge in [-0.05, 0) is 30.0 Å². The zero-order valence-corrected chi connectivity index (χ0v) is 18.2. The largest absolute Gasteiger partial charge is 0.483 e. The minimum Gasteiger partial charge on any atom is -0.483 e. The number of hydrogen-bond donors (Lipinski definition) is 1. The van der Waals surface area contributed by atoms with Crippen LogP contribution in [0.5, 0.6) is 5.75 Å². The molecule has 7 heteroatoms. The number of hydrogen-bond acceptors (Lipinski definition) is 5. The van der Waals surface area contributed by atoms with Crippen LogP contribution in [-0.4, -0.2) is 32.3 Å². The summed E-state index contributed by atoms with van der Waals surface area (Å²) in [6, 6.07) is 11.4. The molecule has 158 valence electrons. The molecule has 2 heterocycles. The van der Waals surface area contributed by atoms with Crippen LogP contribution in [0, 0.1) is 0 Å². The first-order valence-electron chi connectivity index (χ1n) is 10.2. The summed E-state index contributed by atoms with van der Waals surface area (Å²) >= 11 is 0. The minimum absolute atomic E-state index is 0.0981. The van der Waals surface area contributed by atoms with Gasteiger partial charge in [0.25, 0.3) is 11.9 Å². The standard InChI is InChI=1S/C23H29N5O2/c1-6-16(2)17-10-7-8-11-18(17)30-15-21(29)26-20-14-19(23(3,4)5)27-28(20)22-24-12-9-13-25-22/h7-14,16H,6,15H2,1-5H3,(H,26,29). The molecule has 1 aromatic carbocycles. The third kappa shape index (κ3) is 5.03. The van der Waals surface area contributed by atoms with Crippen LogP contribution in [0.3, 0.4) is 0 Å². The molecule has 0 radical (unpaired) electrons. The Balaban J connectivity index is 1.78. The van der Waals surface area contributed by atoms with Crippen LogP contribution in [0.15, 0.2) is 48.8 Å². The van der Waals surface area contributed by atoms with Crippen molar-refractivity contribution in [1.29, 1.82) is 0 Å². The molecular formula is C23H29N5O2. The first kappa shape index (κ1) is 21.5. The van der Waals surface area contributed by atoms with Crippen LogP contribution in [0.1, 0.15) is 58.2 Å². The molecule has 2 aromatic heterocycles. The Labute approximate surface area is 177 Å². The van der Waals surface area contributed by atoms with Crippen molar-refractivity contribution in [3.8, 4) is 11.7 Å². The number of para-hydroxylation sites is 1. The van der Waals surface area contributed by atoms with Crippen molar-refractivity contribution in [2.45, 2.75) is 52.4 Å². The Morgan fingerprint density at radius 1 is 1.17 bits per heavy atom. The fourth-order valence-electron chi connectivity index (χ4n) is 2.95. The summed E-state index contributed by atoms with van der Waals surface area (Å²) in [7, 11) is 0. The Kier molecular flexibility index (Phi) is 6.50. The van der Waals surface area contributed by atoms with Crippen molar-refractivity contribution in [3.05, 3.63) is 60.0 Å². The molecular weight excluding hydrogens is 378 g/mol. The van der Waals surface area contributed by atoms with Gasteiger partial charge >= 0.3 is 0 Å². The molecule has 1 N–H and O–H groups in total. The van der Waals surface area contributed by atoms with Crippen LogP contribution >= 0.6 is 0 Å². The number of aromatic nitrogens is 4. The first-order chi connectivity index (χ1) is 14.3. The third-order valence-corrected chi connectivity index (χ3v) is 4.91. The predicted molar refractivity (Wildman–Crippen MR) is 117 cm³/mol. The number of carbonyl (C=O) groups excluding carboxylic acids is 1. The van der Waals surface area contributed by atoms with E-state index >= 15 is 0 Å². The monoisotopic (exact) mass is 407 g/mol. The average Bonchev–Trinajstić information content (AvgIpc) is 3.17. The van der Waals surface area contributed by atoms with Crippen molar-refractivity contribution in [2.24, 2.45) is 0 Å². The van der Waals surface area contributed by atoms with E-state index in [4.69, 9.17) is 4.74 Å². The van der Waals surface area contributed by atoms with Gasteiger partial charge in [0.1, 0.15) is 11.6 Å². The minimum atomic E-state index is -0.272. The van der Waals surface area contributed by atoms with E-state index in [9.17, 15) is 4.79 Å². The second kappa shape index (κ2) is 9.07. The third-order valence-electron chi connectivity index (χ3n) is 4.91.